The van der Waals surface area contributed by atoms with Crippen LogP contribution in [-0.4, -0.2) is 59.1 Å². The molecule has 0 spiro atoms. The van der Waals surface area contributed by atoms with Crippen molar-refractivity contribution in [1.29, 1.82) is 0 Å². The van der Waals surface area contributed by atoms with Crippen molar-refractivity contribution >= 4 is 69.5 Å². The van der Waals surface area contributed by atoms with Crippen molar-refractivity contribution in [2.24, 2.45) is 4.99 Å². The number of aliphatic imine (C=N–C) groups is 1. The molecule has 11 nitrogen and oxygen atoms in total. The lowest BCUT2D eigenvalue weighted by Crippen LogP contribution is -2.39. The number of halogens is 5. The number of aromatic hydroxyl groups is 2. The van der Waals surface area contributed by atoms with Crippen LogP contribution in [0, 0.1) is 3.57 Å². The van der Waals surface area contributed by atoms with Crippen LogP contribution >= 0.6 is 34.2 Å². The molecular weight excluding hydrogens is 700 g/mol. The summed E-state index contributed by atoms with van der Waals surface area (Å²) in [4.78, 5) is 53.1. The Labute approximate surface area is 256 Å². The van der Waals surface area contributed by atoms with Crippen molar-refractivity contribution in [3.63, 3.8) is 0 Å². The van der Waals surface area contributed by atoms with E-state index in [1.165, 1.54) is 30.3 Å². The number of nitrogens with one attached hydrogen (secondary N) is 3. The molecule has 0 saturated carbocycles. The predicted octanol–water partition coefficient (Wildman–Crippen LogP) is 4.35. The highest BCUT2D eigenvalue weighted by Gasteiger charge is 2.42. The minimum Gasteiger partial charge on any atom is -0.508 e. The van der Waals surface area contributed by atoms with Gasteiger partial charge in [0.15, 0.2) is 0 Å². The SMILES string of the molecule is O=C(CNC(=O)c1cc(O)cc(NC2=NCCCCC2)c1)N[C@H](CC(=O)OC(=O)C(F)(F)F)c1cc(Cl)cc(I)c1O. The Kier molecular flexibility index (Phi) is 11.4. The van der Waals surface area contributed by atoms with Crippen LogP contribution in [0.3, 0.4) is 0 Å². The van der Waals surface area contributed by atoms with Crippen LogP contribution in [-0.2, 0) is 19.1 Å². The first-order chi connectivity index (χ1) is 19.7. The molecule has 1 aliphatic rings. The largest absolute Gasteiger partial charge is 0.508 e. The van der Waals surface area contributed by atoms with Crippen LogP contribution in [0.5, 0.6) is 11.5 Å². The maximum absolute atomic E-state index is 12.8. The maximum atomic E-state index is 12.8. The molecular formula is C26H25ClF3IN4O7. The molecule has 226 valence electrons. The second-order valence-corrected chi connectivity index (χ2v) is 10.7. The molecule has 0 radical (unpaired) electrons. The predicted molar refractivity (Wildman–Crippen MR) is 153 cm³/mol. The minimum atomic E-state index is -5.43. The summed E-state index contributed by atoms with van der Waals surface area (Å²) >= 11 is 7.72. The van der Waals surface area contributed by atoms with Crippen LogP contribution in [0.1, 0.15) is 54.1 Å². The number of phenols is 2. The summed E-state index contributed by atoms with van der Waals surface area (Å²) in [6, 6.07) is 5.06. The van der Waals surface area contributed by atoms with E-state index in [9.17, 15) is 42.6 Å². The standard InChI is InChI=1S/C26H25ClF3IN4O7/c27-14-8-17(23(39)18(31)9-14)19(11-22(38)42-25(41)26(28,29)30)35-21(37)12-33-24(40)13-6-15(10-16(36)7-13)34-20-4-2-1-3-5-32-20/h6-10,19,36,39H,1-5,11-12H2,(H,32,34)(H,33,40)(H,35,37)/t19-/m1/s1. The van der Waals surface area contributed by atoms with Crippen molar-refractivity contribution in [1.82, 2.24) is 10.6 Å². The maximum Gasteiger partial charge on any atom is 0.491 e. The van der Waals surface area contributed by atoms with Gasteiger partial charge in [-0.25, -0.2) is 4.79 Å². The first kappa shape index (κ1) is 32.9. The van der Waals surface area contributed by atoms with Gasteiger partial charge in [0.25, 0.3) is 5.91 Å². The van der Waals surface area contributed by atoms with Crippen LogP contribution in [0.2, 0.25) is 5.02 Å². The van der Waals surface area contributed by atoms with Gasteiger partial charge < -0.3 is 30.9 Å². The van der Waals surface area contributed by atoms with Gasteiger partial charge in [-0.3, -0.25) is 19.4 Å². The lowest BCUT2D eigenvalue weighted by molar-refractivity contribution is -0.202. The average molecular weight is 725 g/mol. The molecule has 42 heavy (non-hydrogen) atoms. The summed E-state index contributed by atoms with van der Waals surface area (Å²) < 4.78 is 41.6. The fourth-order valence-electron chi connectivity index (χ4n) is 3.92. The van der Waals surface area contributed by atoms with Crippen LogP contribution < -0.4 is 16.0 Å². The number of carbonyl (C=O) groups excluding carboxylic acids is 4. The second kappa shape index (κ2) is 14.5. The van der Waals surface area contributed by atoms with Gasteiger partial charge in [-0.2, -0.15) is 13.2 Å². The number of amides is 2. The van der Waals surface area contributed by atoms with Crippen LogP contribution in [0.4, 0.5) is 18.9 Å². The van der Waals surface area contributed by atoms with E-state index in [1.54, 1.807) is 22.6 Å². The smallest absolute Gasteiger partial charge is 0.491 e. The lowest BCUT2D eigenvalue weighted by Gasteiger charge is -2.20. The molecule has 0 saturated heterocycles. The zero-order valence-corrected chi connectivity index (χ0v) is 24.6. The second-order valence-electron chi connectivity index (χ2n) is 9.12. The van der Waals surface area contributed by atoms with Gasteiger partial charge in [-0.1, -0.05) is 18.0 Å². The summed E-state index contributed by atoms with van der Waals surface area (Å²) in [5.74, 6) is -5.99. The first-order valence-corrected chi connectivity index (χ1v) is 13.9. The van der Waals surface area contributed by atoms with E-state index >= 15 is 0 Å². The molecule has 1 heterocycles. The lowest BCUT2D eigenvalue weighted by atomic mass is 10.0. The topological polar surface area (TPSA) is 166 Å². The number of hydrogen-bond donors (Lipinski definition) is 5. The quantitative estimate of drug-likeness (QED) is 0.152. The molecule has 16 heteroatoms. The van der Waals surface area contributed by atoms with E-state index in [4.69, 9.17) is 11.6 Å². The third-order valence-electron chi connectivity index (χ3n) is 5.83. The van der Waals surface area contributed by atoms with Gasteiger partial charge >= 0.3 is 18.1 Å². The fourth-order valence-corrected chi connectivity index (χ4v) is 4.98. The van der Waals surface area contributed by atoms with Crippen molar-refractivity contribution < 1.29 is 47.3 Å². The van der Waals surface area contributed by atoms with Gasteiger partial charge in [0, 0.05) is 40.9 Å². The number of anilines is 1. The molecule has 0 bridgehead atoms. The molecule has 2 amide bonds. The van der Waals surface area contributed by atoms with Gasteiger partial charge in [0.05, 0.1) is 22.6 Å². The summed E-state index contributed by atoms with van der Waals surface area (Å²) in [7, 11) is 0. The Morgan fingerprint density at radius 1 is 1.07 bits per heavy atom. The number of nitrogens with zero attached hydrogens (tertiary/aromatic N) is 1. The van der Waals surface area contributed by atoms with Crippen molar-refractivity contribution in [3.8, 4) is 11.5 Å². The van der Waals surface area contributed by atoms with Crippen LogP contribution in [0.25, 0.3) is 0 Å². The number of phenolic OH excluding ortho intramolecular Hbond substituents is 2. The molecule has 1 atom stereocenters. The van der Waals surface area contributed by atoms with Gasteiger partial charge in [-0.15, -0.1) is 0 Å². The monoisotopic (exact) mass is 724 g/mol. The van der Waals surface area contributed by atoms with Gasteiger partial charge in [0.2, 0.25) is 5.91 Å². The third-order valence-corrected chi connectivity index (χ3v) is 6.87. The third kappa shape index (κ3) is 9.75. The van der Waals surface area contributed by atoms with Crippen molar-refractivity contribution in [2.75, 3.05) is 18.4 Å². The highest BCUT2D eigenvalue weighted by molar-refractivity contribution is 14.1. The summed E-state index contributed by atoms with van der Waals surface area (Å²) in [6.07, 6.45) is -2.78. The van der Waals surface area contributed by atoms with E-state index in [1.807, 2.05) is 0 Å². The zero-order valence-electron chi connectivity index (χ0n) is 21.7. The number of ether oxygens (including phenoxy) is 1. The number of alkyl halides is 3. The normalized spacial score (nSPS) is 14.2. The molecule has 5 N–H and O–H groups in total. The molecule has 0 unspecified atom stereocenters. The van der Waals surface area contributed by atoms with Crippen LogP contribution in [0.15, 0.2) is 35.3 Å². The highest BCUT2D eigenvalue weighted by atomic mass is 127. The minimum absolute atomic E-state index is 0.00681. The van der Waals surface area contributed by atoms with E-state index in [0.29, 0.717) is 24.5 Å². The highest BCUT2D eigenvalue weighted by Crippen LogP contribution is 2.34. The Balaban J connectivity index is 1.71. The zero-order chi connectivity index (χ0) is 31.0. The Morgan fingerprint density at radius 2 is 1.81 bits per heavy atom. The Morgan fingerprint density at radius 3 is 2.52 bits per heavy atom. The number of benzene rings is 2. The summed E-state index contributed by atoms with van der Waals surface area (Å²) in [6.45, 7) is -0.0114. The molecule has 3 rings (SSSR count). The number of rotatable bonds is 8. The number of esters is 2. The van der Waals surface area contributed by atoms with E-state index in [-0.39, 0.29) is 25.5 Å². The molecule has 0 aliphatic carbocycles. The van der Waals surface area contributed by atoms with Crippen molar-refractivity contribution in [3.05, 3.63) is 50.1 Å². The summed E-state index contributed by atoms with van der Waals surface area (Å²) in [5, 5.41) is 28.4. The number of hydrogen-bond acceptors (Lipinski definition) is 9. The number of carbonyl (C=O) groups is 4. The Bertz CT molecular complexity index is 1400. The molecule has 2 aromatic rings. The molecule has 0 aromatic heterocycles. The first-order valence-electron chi connectivity index (χ1n) is 12.4. The average Bonchev–Trinajstić information content (AvgIpc) is 3.16. The summed E-state index contributed by atoms with van der Waals surface area (Å²) in [5.41, 5.74) is 0.267. The van der Waals surface area contributed by atoms with E-state index in [2.05, 4.69) is 25.7 Å². The van der Waals surface area contributed by atoms with Crippen molar-refractivity contribution in [2.45, 2.75) is 44.3 Å². The molecule has 2 aromatic carbocycles. The number of amidine groups is 1. The van der Waals surface area contributed by atoms with Gasteiger partial charge in [0.1, 0.15) is 17.3 Å². The fraction of sp³-hybridized carbons (Fsp3) is 0.346. The van der Waals surface area contributed by atoms with E-state index in [0.717, 1.165) is 19.3 Å². The molecule has 0 fully saturated rings. The van der Waals surface area contributed by atoms with E-state index < -0.39 is 54.7 Å². The Hall–Kier alpha value is -3.60. The van der Waals surface area contributed by atoms with Gasteiger partial charge in [-0.05, 0) is 59.7 Å². The molecule has 1 aliphatic heterocycles.